The number of carbonyl (C=O) groups is 1. The van der Waals surface area contributed by atoms with Crippen LogP contribution in [0.5, 0.6) is 5.75 Å². The second-order valence-corrected chi connectivity index (χ2v) is 4.26. The standard InChI is InChI=1S/C13H18O3/c1-9-7-6-8-11(15-5)12(9)13(3,4)16-10(2)14/h6-8H,1-5H3. The molecular formula is C13H18O3. The van der Waals surface area contributed by atoms with E-state index in [1.54, 1.807) is 7.11 Å². The molecule has 0 aliphatic carbocycles. The van der Waals surface area contributed by atoms with E-state index in [9.17, 15) is 4.79 Å². The number of hydrogen-bond donors (Lipinski definition) is 0. The molecule has 3 heteroatoms. The molecule has 0 aromatic heterocycles. The Labute approximate surface area is 96.4 Å². The van der Waals surface area contributed by atoms with Gasteiger partial charge in [0.2, 0.25) is 0 Å². The van der Waals surface area contributed by atoms with Gasteiger partial charge >= 0.3 is 5.97 Å². The third kappa shape index (κ3) is 2.54. The molecule has 0 atom stereocenters. The highest BCUT2D eigenvalue weighted by Crippen LogP contribution is 2.35. The molecule has 0 amide bonds. The van der Waals surface area contributed by atoms with Crippen molar-refractivity contribution >= 4 is 5.97 Å². The fourth-order valence-corrected chi connectivity index (χ4v) is 1.99. The summed E-state index contributed by atoms with van der Waals surface area (Å²) in [7, 11) is 1.61. The Balaban J connectivity index is 3.24. The first-order valence-corrected chi connectivity index (χ1v) is 5.22. The van der Waals surface area contributed by atoms with E-state index < -0.39 is 5.60 Å². The van der Waals surface area contributed by atoms with Gasteiger partial charge in [0.15, 0.2) is 0 Å². The van der Waals surface area contributed by atoms with Crippen molar-refractivity contribution in [2.24, 2.45) is 0 Å². The molecule has 0 N–H and O–H groups in total. The number of carbonyl (C=O) groups excluding carboxylic acids is 1. The lowest BCUT2D eigenvalue weighted by molar-refractivity contribution is -0.154. The number of ether oxygens (including phenoxy) is 2. The minimum absolute atomic E-state index is 0.296. The lowest BCUT2D eigenvalue weighted by Crippen LogP contribution is -2.26. The molecule has 0 fully saturated rings. The van der Waals surface area contributed by atoms with Gasteiger partial charge in [0.05, 0.1) is 7.11 Å². The maximum Gasteiger partial charge on any atom is 0.303 e. The summed E-state index contributed by atoms with van der Waals surface area (Å²) >= 11 is 0. The Morgan fingerprint density at radius 3 is 2.44 bits per heavy atom. The maximum absolute atomic E-state index is 11.1. The average molecular weight is 222 g/mol. The van der Waals surface area contributed by atoms with Crippen molar-refractivity contribution in [3.05, 3.63) is 29.3 Å². The molecule has 16 heavy (non-hydrogen) atoms. The van der Waals surface area contributed by atoms with E-state index in [0.717, 1.165) is 16.9 Å². The van der Waals surface area contributed by atoms with Crippen LogP contribution < -0.4 is 4.74 Å². The van der Waals surface area contributed by atoms with E-state index in [1.165, 1.54) is 6.92 Å². The second-order valence-electron chi connectivity index (χ2n) is 4.26. The average Bonchev–Trinajstić information content (AvgIpc) is 2.14. The van der Waals surface area contributed by atoms with Crippen LogP contribution >= 0.6 is 0 Å². The van der Waals surface area contributed by atoms with Crippen LogP contribution in [0, 0.1) is 6.92 Å². The van der Waals surface area contributed by atoms with Crippen LogP contribution in [0.3, 0.4) is 0 Å². The van der Waals surface area contributed by atoms with Crippen LogP contribution in [-0.2, 0) is 15.1 Å². The summed E-state index contributed by atoms with van der Waals surface area (Å²) in [6, 6.07) is 5.76. The van der Waals surface area contributed by atoms with Gasteiger partial charge in [0, 0.05) is 12.5 Å². The normalized spacial score (nSPS) is 11.1. The number of hydrogen-bond acceptors (Lipinski definition) is 3. The molecule has 0 saturated heterocycles. The van der Waals surface area contributed by atoms with Crippen molar-refractivity contribution in [3.8, 4) is 5.75 Å². The smallest absolute Gasteiger partial charge is 0.303 e. The molecular weight excluding hydrogens is 204 g/mol. The SMILES string of the molecule is COc1cccc(C)c1C(C)(C)OC(C)=O. The van der Waals surface area contributed by atoms with Crippen LogP contribution in [0.25, 0.3) is 0 Å². The second kappa shape index (κ2) is 4.56. The summed E-state index contributed by atoms with van der Waals surface area (Å²) in [5.41, 5.74) is 1.28. The molecule has 1 aromatic carbocycles. The van der Waals surface area contributed by atoms with Crippen molar-refractivity contribution in [2.45, 2.75) is 33.3 Å². The molecule has 0 radical (unpaired) electrons. The molecule has 0 bridgehead atoms. The molecule has 3 nitrogen and oxygen atoms in total. The predicted octanol–water partition coefficient (Wildman–Crippen LogP) is 2.80. The van der Waals surface area contributed by atoms with Crippen LogP contribution in [0.1, 0.15) is 31.9 Å². The monoisotopic (exact) mass is 222 g/mol. The van der Waals surface area contributed by atoms with Gasteiger partial charge in [-0.25, -0.2) is 0 Å². The lowest BCUT2D eigenvalue weighted by Gasteiger charge is -2.28. The quantitative estimate of drug-likeness (QED) is 0.738. The van der Waals surface area contributed by atoms with E-state index in [4.69, 9.17) is 9.47 Å². The molecule has 0 unspecified atom stereocenters. The van der Waals surface area contributed by atoms with Crippen molar-refractivity contribution < 1.29 is 14.3 Å². The number of aryl methyl sites for hydroxylation is 1. The summed E-state index contributed by atoms with van der Waals surface area (Å²) in [5, 5.41) is 0. The first kappa shape index (κ1) is 12.6. The summed E-state index contributed by atoms with van der Waals surface area (Å²) in [5.74, 6) is 0.446. The van der Waals surface area contributed by atoms with Gasteiger partial charge < -0.3 is 9.47 Å². The highest BCUT2D eigenvalue weighted by Gasteiger charge is 2.29. The van der Waals surface area contributed by atoms with Crippen molar-refractivity contribution in [1.82, 2.24) is 0 Å². The Kier molecular flexibility index (Phi) is 3.58. The number of benzene rings is 1. The van der Waals surface area contributed by atoms with E-state index in [-0.39, 0.29) is 5.97 Å². The Morgan fingerprint density at radius 2 is 1.94 bits per heavy atom. The van der Waals surface area contributed by atoms with Gasteiger partial charge in [-0.3, -0.25) is 4.79 Å². The van der Waals surface area contributed by atoms with Gasteiger partial charge in [-0.15, -0.1) is 0 Å². The highest BCUT2D eigenvalue weighted by molar-refractivity contribution is 5.67. The maximum atomic E-state index is 11.1. The third-order valence-corrected chi connectivity index (χ3v) is 2.46. The van der Waals surface area contributed by atoms with Crippen LogP contribution in [0.2, 0.25) is 0 Å². The molecule has 88 valence electrons. The predicted molar refractivity (Wildman–Crippen MR) is 62.5 cm³/mol. The fourth-order valence-electron chi connectivity index (χ4n) is 1.99. The number of rotatable bonds is 3. The Hall–Kier alpha value is -1.51. The highest BCUT2D eigenvalue weighted by atomic mass is 16.6. The first-order chi connectivity index (χ1) is 7.38. The Bertz CT molecular complexity index is 394. The van der Waals surface area contributed by atoms with Gasteiger partial charge in [0.1, 0.15) is 11.4 Å². The molecule has 0 aliphatic rings. The third-order valence-electron chi connectivity index (χ3n) is 2.46. The minimum Gasteiger partial charge on any atom is -0.496 e. The fraction of sp³-hybridized carbons (Fsp3) is 0.462. The summed E-state index contributed by atoms with van der Waals surface area (Å²) in [6.07, 6.45) is 0. The van der Waals surface area contributed by atoms with E-state index in [0.29, 0.717) is 0 Å². The molecule has 1 aromatic rings. The Morgan fingerprint density at radius 1 is 1.31 bits per heavy atom. The van der Waals surface area contributed by atoms with Gasteiger partial charge in [0.25, 0.3) is 0 Å². The topological polar surface area (TPSA) is 35.5 Å². The van der Waals surface area contributed by atoms with Crippen molar-refractivity contribution in [2.75, 3.05) is 7.11 Å². The largest absolute Gasteiger partial charge is 0.496 e. The lowest BCUT2D eigenvalue weighted by atomic mass is 9.92. The molecule has 0 aliphatic heterocycles. The molecule has 0 spiro atoms. The zero-order chi connectivity index (χ0) is 12.3. The zero-order valence-corrected chi connectivity index (χ0v) is 10.5. The molecule has 1 rings (SSSR count). The zero-order valence-electron chi connectivity index (χ0n) is 10.5. The van der Waals surface area contributed by atoms with Crippen LogP contribution in [0.15, 0.2) is 18.2 Å². The van der Waals surface area contributed by atoms with Crippen molar-refractivity contribution in [1.29, 1.82) is 0 Å². The van der Waals surface area contributed by atoms with Gasteiger partial charge in [-0.05, 0) is 32.4 Å². The van der Waals surface area contributed by atoms with Crippen LogP contribution in [-0.4, -0.2) is 13.1 Å². The van der Waals surface area contributed by atoms with E-state index in [1.807, 2.05) is 39.0 Å². The summed E-state index contributed by atoms with van der Waals surface area (Å²) < 4.78 is 10.6. The van der Waals surface area contributed by atoms with Crippen LogP contribution in [0.4, 0.5) is 0 Å². The summed E-state index contributed by atoms with van der Waals surface area (Å²) in [4.78, 5) is 11.1. The number of esters is 1. The van der Waals surface area contributed by atoms with Gasteiger partial charge in [-0.1, -0.05) is 12.1 Å². The van der Waals surface area contributed by atoms with Crippen molar-refractivity contribution in [3.63, 3.8) is 0 Å². The molecule has 0 heterocycles. The van der Waals surface area contributed by atoms with E-state index >= 15 is 0 Å². The molecule has 0 saturated carbocycles. The van der Waals surface area contributed by atoms with Gasteiger partial charge in [-0.2, -0.15) is 0 Å². The summed E-state index contributed by atoms with van der Waals surface area (Å²) in [6.45, 7) is 7.11. The minimum atomic E-state index is -0.678. The first-order valence-electron chi connectivity index (χ1n) is 5.22. The number of methoxy groups -OCH3 is 1. The van der Waals surface area contributed by atoms with E-state index in [2.05, 4.69) is 0 Å².